The lowest BCUT2D eigenvalue weighted by molar-refractivity contribution is -0.0584. The van der Waals surface area contributed by atoms with Crippen molar-refractivity contribution in [2.75, 3.05) is 13.1 Å². The summed E-state index contributed by atoms with van der Waals surface area (Å²) in [5, 5.41) is 4.13. The van der Waals surface area contributed by atoms with Gasteiger partial charge in [-0.25, -0.2) is 0 Å². The van der Waals surface area contributed by atoms with E-state index < -0.39 is 0 Å². The summed E-state index contributed by atoms with van der Waals surface area (Å²) in [7, 11) is 0. The van der Waals surface area contributed by atoms with E-state index in [1.807, 2.05) is 49.1 Å². The summed E-state index contributed by atoms with van der Waals surface area (Å²) < 4.78 is 9.64. The highest BCUT2D eigenvalue weighted by atomic mass is 32.1. The van der Waals surface area contributed by atoms with E-state index in [1.165, 1.54) is 0 Å². The fourth-order valence-electron chi connectivity index (χ4n) is 2.60. The number of nitrogens with zero attached hydrogens (tertiary/aromatic N) is 3. The van der Waals surface area contributed by atoms with Crippen LogP contribution in [-0.4, -0.2) is 45.7 Å². The first-order valence-electron chi connectivity index (χ1n) is 6.97. The van der Waals surface area contributed by atoms with Crippen molar-refractivity contribution in [1.29, 1.82) is 0 Å². The van der Waals surface area contributed by atoms with Crippen LogP contribution in [0.3, 0.4) is 0 Å². The third kappa shape index (κ3) is 2.96. The van der Waals surface area contributed by atoms with Gasteiger partial charge in [-0.15, -0.1) is 5.10 Å². The van der Waals surface area contributed by atoms with Crippen LogP contribution >= 0.6 is 11.5 Å². The van der Waals surface area contributed by atoms with Crippen LogP contribution in [0.25, 0.3) is 11.3 Å². The van der Waals surface area contributed by atoms with Crippen LogP contribution in [0.2, 0.25) is 0 Å². The molecule has 3 rings (SSSR count). The third-order valence-corrected chi connectivity index (χ3v) is 4.15. The Bertz CT molecular complexity index is 619. The first kappa shape index (κ1) is 14.2. The second kappa shape index (κ2) is 5.91. The standard InChI is InChI=1S/C15H17N3O2S/c1-10-8-18(9-11(2)20-10)15(19)14-13(16-17-21-14)12-6-4-3-5-7-12/h3-7,10-11H,8-9H2,1-2H3/t10-,11+. The fraction of sp³-hybridized carbons (Fsp3) is 0.400. The van der Waals surface area contributed by atoms with Gasteiger partial charge in [0, 0.05) is 18.7 Å². The Hall–Kier alpha value is -1.79. The summed E-state index contributed by atoms with van der Waals surface area (Å²) in [6.07, 6.45) is 0.109. The van der Waals surface area contributed by atoms with E-state index in [4.69, 9.17) is 4.74 Å². The van der Waals surface area contributed by atoms with Crippen molar-refractivity contribution >= 4 is 17.4 Å². The molecule has 0 radical (unpaired) electrons. The molecule has 21 heavy (non-hydrogen) atoms. The predicted molar refractivity (Wildman–Crippen MR) is 81.3 cm³/mol. The molecule has 0 aliphatic carbocycles. The molecule has 0 bridgehead atoms. The summed E-state index contributed by atoms with van der Waals surface area (Å²) in [5.74, 6) is -0.00847. The lowest BCUT2D eigenvalue weighted by Gasteiger charge is -2.35. The van der Waals surface area contributed by atoms with Gasteiger partial charge < -0.3 is 9.64 Å². The van der Waals surface area contributed by atoms with Gasteiger partial charge in [0.25, 0.3) is 5.91 Å². The van der Waals surface area contributed by atoms with Gasteiger partial charge in [-0.3, -0.25) is 4.79 Å². The normalized spacial score (nSPS) is 22.3. The Morgan fingerprint density at radius 3 is 2.57 bits per heavy atom. The molecule has 0 saturated carbocycles. The van der Waals surface area contributed by atoms with Gasteiger partial charge in [0.15, 0.2) is 0 Å². The molecule has 1 saturated heterocycles. The zero-order chi connectivity index (χ0) is 14.8. The largest absolute Gasteiger partial charge is 0.372 e. The number of carbonyl (C=O) groups is 1. The Balaban J connectivity index is 1.88. The zero-order valence-corrected chi connectivity index (χ0v) is 12.8. The Labute approximate surface area is 127 Å². The highest BCUT2D eigenvalue weighted by Gasteiger charge is 2.29. The third-order valence-electron chi connectivity index (χ3n) is 3.44. The number of amides is 1. The van der Waals surface area contributed by atoms with Gasteiger partial charge in [0.2, 0.25) is 0 Å². The molecule has 110 valence electrons. The molecule has 1 aromatic heterocycles. The summed E-state index contributed by atoms with van der Waals surface area (Å²) in [6, 6.07) is 9.69. The minimum Gasteiger partial charge on any atom is -0.372 e. The van der Waals surface area contributed by atoms with Crippen molar-refractivity contribution < 1.29 is 9.53 Å². The monoisotopic (exact) mass is 303 g/mol. The molecule has 5 nitrogen and oxygen atoms in total. The molecule has 2 aromatic rings. The van der Waals surface area contributed by atoms with E-state index in [0.29, 0.717) is 23.7 Å². The summed E-state index contributed by atoms with van der Waals surface area (Å²) >= 11 is 1.16. The van der Waals surface area contributed by atoms with Gasteiger partial charge in [-0.05, 0) is 25.4 Å². The minimum atomic E-state index is -0.00847. The number of carbonyl (C=O) groups excluding carboxylic acids is 1. The molecular weight excluding hydrogens is 286 g/mol. The fourth-order valence-corrected chi connectivity index (χ4v) is 3.26. The lowest BCUT2D eigenvalue weighted by atomic mass is 10.1. The maximum Gasteiger partial charge on any atom is 0.268 e. The number of rotatable bonds is 2. The van der Waals surface area contributed by atoms with Crippen molar-refractivity contribution in [3.8, 4) is 11.3 Å². The molecule has 2 atom stereocenters. The van der Waals surface area contributed by atoms with Gasteiger partial charge >= 0.3 is 0 Å². The number of hydrogen-bond acceptors (Lipinski definition) is 5. The minimum absolute atomic E-state index is 0.00847. The maximum atomic E-state index is 12.7. The summed E-state index contributed by atoms with van der Waals surface area (Å²) in [4.78, 5) is 15.2. The summed E-state index contributed by atoms with van der Waals surface area (Å²) in [5.41, 5.74) is 1.58. The highest BCUT2D eigenvalue weighted by molar-refractivity contribution is 7.08. The van der Waals surface area contributed by atoms with E-state index in [0.717, 1.165) is 17.1 Å². The van der Waals surface area contributed by atoms with Crippen LogP contribution < -0.4 is 0 Å². The average Bonchev–Trinajstić information content (AvgIpc) is 2.95. The van der Waals surface area contributed by atoms with Crippen LogP contribution in [0.5, 0.6) is 0 Å². The van der Waals surface area contributed by atoms with Crippen LogP contribution in [0.15, 0.2) is 30.3 Å². The second-order valence-corrected chi connectivity index (χ2v) is 6.04. The van der Waals surface area contributed by atoms with Crippen LogP contribution in [-0.2, 0) is 4.74 Å². The molecule has 1 fully saturated rings. The molecule has 0 N–H and O–H groups in total. The average molecular weight is 303 g/mol. The number of benzene rings is 1. The SMILES string of the molecule is C[C@@H]1CN(C(=O)c2snnc2-c2ccccc2)C[C@H](C)O1. The van der Waals surface area contributed by atoms with Gasteiger partial charge in [-0.2, -0.15) is 0 Å². The van der Waals surface area contributed by atoms with Gasteiger partial charge in [-0.1, -0.05) is 34.8 Å². The van der Waals surface area contributed by atoms with Crippen molar-refractivity contribution in [3.05, 3.63) is 35.2 Å². The molecule has 6 heteroatoms. The van der Waals surface area contributed by atoms with Crippen LogP contribution in [0, 0.1) is 0 Å². The Morgan fingerprint density at radius 1 is 1.24 bits per heavy atom. The zero-order valence-electron chi connectivity index (χ0n) is 12.0. The topological polar surface area (TPSA) is 55.3 Å². The highest BCUT2D eigenvalue weighted by Crippen LogP contribution is 2.26. The summed E-state index contributed by atoms with van der Waals surface area (Å²) in [6.45, 7) is 5.18. The second-order valence-electron chi connectivity index (χ2n) is 5.28. The number of aromatic nitrogens is 2. The van der Waals surface area contributed by atoms with Crippen molar-refractivity contribution in [3.63, 3.8) is 0 Å². The first-order valence-corrected chi connectivity index (χ1v) is 7.75. The molecule has 0 unspecified atom stereocenters. The number of ether oxygens (including phenoxy) is 1. The van der Waals surface area contributed by atoms with E-state index in [1.54, 1.807) is 0 Å². The quantitative estimate of drug-likeness (QED) is 0.855. The van der Waals surface area contributed by atoms with Crippen LogP contribution in [0.1, 0.15) is 23.5 Å². The maximum absolute atomic E-state index is 12.7. The Kier molecular flexibility index (Phi) is 3.98. The smallest absolute Gasteiger partial charge is 0.268 e. The molecule has 0 spiro atoms. The van der Waals surface area contributed by atoms with Crippen molar-refractivity contribution in [2.24, 2.45) is 0 Å². The predicted octanol–water partition coefficient (Wildman–Crippen LogP) is 2.45. The van der Waals surface area contributed by atoms with Crippen molar-refractivity contribution in [2.45, 2.75) is 26.1 Å². The number of hydrogen-bond donors (Lipinski definition) is 0. The Morgan fingerprint density at radius 2 is 1.90 bits per heavy atom. The lowest BCUT2D eigenvalue weighted by Crippen LogP contribution is -2.48. The molecule has 1 aliphatic rings. The van der Waals surface area contributed by atoms with E-state index in [2.05, 4.69) is 9.59 Å². The van der Waals surface area contributed by atoms with Crippen LogP contribution in [0.4, 0.5) is 0 Å². The molecule has 1 aliphatic heterocycles. The van der Waals surface area contributed by atoms with E-state index in [9.17, 15) is 4.79 Å². The van der Waals surface area contributed by atoms with E-state index in [-0.39, 0.29) is 18.1 Å². The number of morpholine rings is 1. The molecule has 1 amide bonds. The molecule has 1 aromatic carbocycles. The molecular formula is C15H17N3O2S. The van der Waals surface area contributed by atoms with Gasteiger partial charge in [0.05, 0.1) is 12.2 Å². The van der Waals surface area contributed by atoms with Crippen molar-refractivity contribution in [1.82, 2.24) is 14.5 Å². The van der Waals surface area contributed by atoms with E-state index >= 15 is 0 Å². The molecule has 2 heterocycles. The first-order chi connectivity index (χ1) is 10.1. The van der Waals surface area contributed by atoms with Gasteiger partial charge in [0.1, 0.15) is 10.6 Å².